The van der Waals surface area contributed by atoms with Gasteiger partial charge in [-0.15, -0.1) is 0 Å². The molecular weight excluding hydrogens is 376 g/mol. The van der Waals surface area contributed by atoms with Gasteiger partial charge in [-0.05, 0) is 40.6 Å². The van der Waals surface area contributed by atoms with E-state index in [0.29, 0.717) is 5.56 Å². The zero-order valence-corrected chi connectivity index (χ0v) is 16.5. The van der Waals surface area contributed by atoms with Crippen molar-refractivity contribution in [2.24, 2.45) is 0 Å². The summed E-state index contributed by atoms with van der Waals surface area (Å²) in [6.07, 6.45) is -0.858. The maximum Gasteiger partial charge on any atom is 0.251 e. The number of amides is 1. The fraction of sp³-hybridized carbons (Fsp3) is 0.190. The summed E-state index contributed by atoms with van der Waals surface area (Å²) in [5.41, 5.74) is 1.06. The summed E-state index contributed by atoms with van der Waals surface area (Å²) in [6.45, 7) is 0.0462. The molecule has 0 aromatic heterocycles. The molecule has 0 aliphatic heterocycles. The molecule has 0 radical (unpaired) electrons. The van der Waals surface area contributed by atoms with Crippen LogP contribution in [-0.2, 0) is 10.0 Å². The molecular formula is C21H22N2O4S. The molecule has 0 heterocycles. The SMILES string of the molecule is CN(C)S(=O)(=O)c1ccc(C(=O)NC[C@H](O)c2cccc3ccccc23)cc1. The van der Waals surface area contributed by atoms with Gasteiger partial charge in [-0.2, -0.15) is 0 Å². The Kier molecular flexibility index (Phi) is 5.79. The molecule has 6 nitrogen and oxygen atoms in total. The van der Waals surface area contributed by atoms with Crippen LogP contribution in [0.2, 0.25) is 0 Å². The third-order valence-electron chi connectivity index (χ3n) is 4.53. The molecule has 0 bridgehead atoms. The largest absolute Gasteiger partial charge is 0.387 e. The average Bonchev–Trinajstić information content (AvgIpc) is 2.71. The van der Waals surface area contributed by atoms with Gasteiger partial charge in [-0.1, -0.05) is 42.5 Å². The van der Waals surface area contributed by atoms with Crippen molar-refractivity contribution >= 4 is 26.7 Å². The van der Waals surface area contributed by atoms with Crippen LogP contribution < -0.4 is 5.32 Å². The quantitative estimate of drug-likeness (QED) is 0.668. The van der Waals surface area contributed by atoms with E-state index in [1.807, 2.05) is 42.5 Å². The number of carbonyl (C=O) groups is 1. The van der Waals surface area contributed by atoms with Gasteiger partial charge in [0.05, 0.1) is 11.0 Å². The summed E-state index contributed by atoms with van der Waals surface area (Å²) in [6, 6.07) is 19.1. The number of hydrogen-bond acceptors (Lipinski definition) is 4. The van der Waals surface area contributed by atoms with Crippen molar-refractivity contribution in [1.29, 1.82) is 0 Å². The lowest BCUT2D eigenvalue weighted by Crippen LogP contribution is -2.28. The molecule has 0 spiro atoms. The second-order valence-electron chi connectivity index (χ2n) is 6.61. The molecule has 3 rings (SSSR count). The minimum absolute atomic E-state index is 0.0462. The number of rotatable bonds is 6. The van der Waals surface area contributed by atoms with E-state index in [1.54, 1.807) is 0 Å². The number of hydrogen-bond donors (Lipinski definition) is 2. The van der Waals surface area contributed by atoms with E-state index in [0.717, 1.165) is 20.6 Å². The first-order valence-corrected chi connectivity index (χ1v) is 10.2. The minimum atomic E-state index is -3.54. The maximum atomic E-state index is 12.4. The Bertz CT molecular complexity index is 1090. The van der Waals surface area contributed by atoms with Crippen molar-refractivity contribution in [2.45, 2.75) is 11.0 Å². The molecule has 3 aromatic rings. The summed E-state index contributed by atoms with van der Waals surface area (Å²) < 4.78 is 25.3. The smallest absolute Gasteiger partial charge is 0.251 e. The summed E-state index contributed by atoms with van der Waals surface area (Å²) in [5, 5.41) is 15.2. The number of nitrogens with zero attached hydrogens (tertiary/aromatic N) is 1. The molecule has 1 atom stereocenters. The standard InChI is InChI=1S/C21H22N2O4S/c1-23(2)28(26,27)17-12-10-16(11-13-17)21(25)22-14-20(24)19-9-5-7-15-6-3-4-8-18(15)19/h3-13,20,24H,14H2,1-2H3,(H,22,25)/t20-/m0/s1. The molecule has 2 N–H and O–H groups in total. The van der Waals surface area contributed by atoms with Gasteiger partial charge in [0.25, 0.3) is 5.91 Å². The van der Waals surface area contributed by atoms with Gasteiger partial charge in [0.1, 0.15) is 0 Å². The molecule has 28 heavy (non-hydrogen) atoms. The van der Waals surface area contributed by atoms with Crippen LogP contribution in [0.5, 0.6) is 0 Å². The Morgan fingerprint density at radius 2 is 1.64 bits per heavy atom. The fourth-order valence-electron chi connectivity index (χ4n) is 2.93. The number of aliphatic hydroxyl groups excluding tert-OH is 1. The van der Waals surface area contributed by atoms with E-state index in [1.165, 1.54) is 38.4 Å². The van der Waals surface area contributed by atoms with Crippen LogP contribution in [-0.4, -0.2) is 44.4 Å². The number of aliphatic hydroxyl groups is 1. The number of carbonyl (C=O) groups excluding carboxylic acids is 1. The minimum Gasteiger partial charge on any atom is -0.387 e. The van der Waals surface area contributed by atoms with E-state index in [4.69, 9.17) is 0 Å². The molecule has 0 aliphatic carbocycles. The normalized spacial score (nSPS) is 12.9. The molecule has 146 valence electrons. The van der Waals surface area contributed by atoms with Gasteiger partial charge in [0.2, 0.25) is 10.0 Å². The highest BCUT2D eigenvalue weighted by Crippen LogP contribution is 2.24. The molecule has 0 aliphatic rings. The second kappa shape index (κ2) is 8.10. The van der Waals surface area contributed by atoms with E-state index >= 15 is 0 Å². The lowest BCUT2D eigenvalue weighted by atomic mass is 10.0. The van der Waals surface area contributed by atoms with Crippen LogP contribution >= 0.6 is 0 Å². The Balaban J connectivity index is 1.70. The van der Waals surface area contributed by atoms with Gasteiger partial charge in [-0.3, -0.25) is 4.79 Å². The Morgan fingerprint density at radius 3 is 2.32 bits per heavy atom. The lowest BCUT2D eigenvalue weighted by Gasteiger charge is -2.15. The van der Waals surface area contributed by atoms with Gasteiger partial charge < -0.3 is 10.4 Å². The molecule has 0 fully saturated rings. The van der Waals surface area contributed by atoms with Crippen LogP contribution in [0.25, 0.3) is 10.8 Å². The van der Waals surface area contributed by atoms with Crippen LogP contribution in [0.15, 0.2) is 71.6 Å². The Labute approximate surface area is 164 Å². The first kappa shape index (κ1) is 20.0. The lowest BCUT2D eigenvalue weighted by molar-refractivity contribution is 0.0917. The molecule has 3 aromatic carbocycles. The molecule has 0 saturated carbocycles. The molecule has 0 saturated heterocycles. The third kappa shape index (κ3) is 4.06. The van der Waals surface area contributed by atoms with E-state index in [9.17, 15) is 18.3 Å². The molecule has 1 amide bonds. The Morgan fingerprint density at radius 1 is 1.00 bits per heavy atom. The van der Waals surface area contributed by atoms with Crippen molar-refractivity contribution in [1.82, 2.24) is 9.62 Å². The third-order valence-corrected chi connectivity index (χ3v) is 6.36. The number of sulfonamides is 1. The first-order chi connectivity index (χ1) is 13.3. The van der Waals surface area contributed by atoms with Gasteiger partial charge in [0, 0.05) is 26.2 Å². The van der Waals surface area contributed by atoms with E-state index < -0.39 is 16.1 Å². The second-order valence-corrected chi connectivity index (χ2v) is 8.76. The predicted molar refractivity (Wildman–Crippen MR) is 109 cm³/mol. The highest BCUT2D eigenvalue weighted by molar-refractivity contribution is 7.89. The monoisotopic (exact) mass is 398 g/mol. The number of benzene rings is 3. The summed E-state index contributed by atoms with van der Waals surface area (Å²) in [4.78, 5) is 12.5. The summed E-state index contributed by atoms with van der Waals surface area (Å²) >= 11 is 0. The van der Waals surface area contributed by atoms with Crippen molar-refractivity contribution in [3.63, 3.8) is 0 Å². The fourth-order valence-corrected chi connectivity index (χ4v) is 3.83. The van der Waals surface area contributed by atoms with Crippen LogP contribution in [0.4, 0.5) is 0 Å². The van der Waals surface area contributed by atoms with Gasteiger partial charge in [0.15, 0.2) is 0 Å². The summed E-state index contributed by atoms with van der Waals surface area (Å²) in [5.74, 6) is -0.381. The molecule has 7 heteroatoms. The average molecular weight is 398 g/mol. The van der Waals surface area contributed by atoms with Gasteiger partial charge >= 0.3 is 0 Å². The Hall–Kier alpha value is -2.74. The van der Waals surface area contributed by atoms with Crippen molar-refractivity contribution in [3.05, 3.63) is 77.9 Å². The van der Waals surface area contributed by atoms with Crippen LogP contribution in [0, 0.1) is 0 Å². The van der Waals surface area contributed by atoms with E-state index in [-0.39, 0.29) is 17.3 Å². The van der Waals surface area contributed by atoms with E-state index in [2.05, 4.69) is 5.32 Å². The zero-order chi connectivity index (χ0) is 20.3. The van der Waals surface area contributed by atoms with Crippen molar-refractivity contribution in [2.75, 3.05) is 20.6 Å². The van der Waals surface area contributed by atoms with Crippen LogP contribution in [0.3, 0.4) is 0 Å². The predicted octanol–water partition coefficient (Wildman–Crippen LogP) is 2.55. The summed E-state index contributed by atoms with van der Waals surface area (Å²) in [7, 11) is -0.642. The van der Waals surface area contributed by atoms with Crippen LogP contribution in [0.1, 0.15) is 22.0 Å². The molecule has 0 unspecified atom stereocenters. The first-order valence-electron chi connectivity index (χ1n) is 8.77. The highest BCUT2D eigenvalue weighted by atomic mass is 32.2. The topological polar surface area (TPSA) is 86.7 Å². The number of nitrogens with one attached hydrogen (secondary N) is 1. The van der Waals surface area contributed by atoms with Gasteiger partial charge in [-0.25, -0.2) is 12.7 Å². The maximum absolute atomic E-state index is 12.4. The zero-order valence-electron chi connectivity index (χ0n) is 15.7. The van der Waals surface area contributed by atoms with Crippen molar-refractivity contribution < 1.29 is 18.3 Å². The van der Waals surface area contributed by atoms with Crippen molar-refractivity contribution in [3.8, 4) is 0 Å². The highest BCUT2D eigenvalue weighted by Gasteiger charge is 2.18. The number of fused-ring (bicyclic) bond motifs is 1.